The number of aromatic nitrogens is 2. The lowest BCUT2D eigenvalue weighted by atomic mass is 10.2. The van der Waals surface area contributed by atoms with Gasteiger partial charge in [0.25, 0.3) is 0 Å². The second-order valence-electron chi connectivity index (χ2n) is 5.57. The van der Waals surface area contributed by atoms with Crippen molar-refractivity contribution < 1.29 is 0 Å². The number of halogens is 1. The highest BCUT2D eigenvalue weighted by Crippen LogP contribution is 2.10. The fraction of sp³-hybridized carbons (Fsp3) is 0.263. The van der Waals surface area contributed by atoms with Crippen LogP contribution in [0.5, 0.6) is 0 Å². The molecule has 0 saturated carbocycles. The SMILES string of the molecule is CCNC(=NCc1ccc(-n2cccn2)cc1)NCCc1cccs1.I. The summed E-state index contributed by atoms with van der Waals surface area (Å²) in [5, 5.41) is 13.0. The minimum atomic E-state index is 0. The van der Waals surface area contributed by atoms with Crippen LogP contribution in [0.25, 0.3) is 5.69 Å². The van der Waals surface area contributed by atoms with E-state index in [0.29, 0.717) is 6.54 Å². The third-order valence-electron chi connectivity index (χ3n) is 3.71. The monoisotopic (exact) mass is 481 g/mol. The van der Waals surface area contributed by atoms with E-state index in [1.165, 1.54) is 10.4 Å². The predicted molar refractivity (Wildman–Crippen MR) is 120 cm³/mol. The van der Waals surface area contributed by atoms with E-state index in [1.807, 2.05) is 16.9 Å². The molecule has 26 heavy (non-hydrogen) atoms. The Morgan fingerprint density at radius 1 is 1.15 bits per heavy atom. The fourth-order valence-corrected chi connectivity index (χ4v) is 3.16. The summed E-state index contributed by atoms with van der Waals surface area (Å²) in [7, 11) is 0. The molecule has 7 heteroatoms. The molecule has 0 spiro atoms. The summed E-state index contributed by atoms with van der Waals surface area (Å²) >= 11 is 1.79. The van der Waals surface area contributed by atoms with Crippen molar-refractivity contribution in [2.45, 2.75) is 19.9 Å². The second kappa shape index (κ2) is 11.0. The molecule has 0 unspecified atom stereocenters. The van der Waals surface area contributed by atoms with Crippen molar-refractivity contribution in [3.05, 3.63) is 70.7 Å². The first-order valence-electron chi connectivity index (χ1n) is 8.48. The van der Waals surface area contributed by atoms with Gasteiger partial charge in [-0.3, -0.25) is 0 Å². The molecule has 0 bridgehead atoms. The van der Waals surface area contributed by atoms with E-state index in [9.17, 15) is 0 Å². The molecule has 138 valence electrons. The summed E-state index contributed by atoms with van der Waals surface area (Å²) in [5.41, 5.74) is 2.23. The van der Waals surface area contributed by atoms with Crippen molar-refractivity contribution in [1.82, 2.24) is 20.4 Å². The Kier molecular flexibility index (Phi) is 8.63. The summed E-state index contributed by atoms with van der Waals surface area (Å²) in [6, 6.07) is 14.5. The first-order valence-corrected chi connectivity index (χ1v) is 9.36. The molecule has 2 aromatic heterocycles. The number of guanidine groups is 1. The van der Waals surface area contributed by atoms with E-state index in [2.05, 4.69) is 69.4 Å². The molecule has 0 fully saturated rings. The van der Waals surface area contributed by atoms with E-state index in [1.54, 1.807) is 17.5 Å². The highest BCUT2D eigenvalue weighted by Gasteiger charge is 2.00. The minimum Gasteiger partial charge on any atom is -0.357 e. The summed E-state index contributed by atoms with van der Waals surface area (Å²) < 4.78 is 1.85. The maximum absolute atomic E-state index is 4.67. The maximum Gasteiger partial charge on any atom is 0.191 e. The van der Waals surface area contributed by atoms with Crippen LogP contribution in [0.15, 0.2) is 65.2 Å². The Morgan fingerprint density at radius 2 is 2.00 bits per heavy atom. The average Bonchev–Trinajstić information content (AvgIpc) is 3.34. The van der Waals surface area contributed by atoms with E-state index >= 15 is 0 Å². The first-order chi connectivity index (χ1) is 12.3. The quantitative estimate of drug-likeness (QED) is 0.306. The summed E-state index contributed by atoms with van der Waals surface area (Å²) in [6.45, 7) is 4.46. The molecule has 1 aromatic carbocycles. The van der Waals surface area contributed by atoms with Gasteiger partial charge in [-0.1, -0.05) is 18.2 Å². The number of rotatable bonds is 7. The van der Waals surface area contributed by atoms with Crippen LogP contribution in [-0.2, 0) is 13.0 Å². The van der Waals surface area contributed by atoms with E-state index in [0.717, 1.165) is 31.2 Å². The molecule has 0 aliphatic rings. The highest BCUT2D eigenvalue weighted by atomic mass is 127. The van der Waals surface area contributed by atoms with Gasteiger partial charge in [0.2, 0.25) is 0 Å². The molecule has 0 saturated heterocycles. The number of thiophene rings is 1. The van der Waals surface area contributed by atoms with Crippen molar-refractivity contribution in [3.63, 3.8) is 0 Å². The lowest BCUT2D eigenvalue weighted by Gasteiger charge is -2.11. The van der Waals surface area contributed by atoms with Gasteiger partial charge in [0.05, 0.1) is 12.2 Å². The predicted octanol–water partition coefficient (Wildman–Crippen LogP) is 3.85. The molecular formula is C19H24IN5S. The number of hydrogen-bond acceptors (Lipinski definition) is 3. The topological polar surface area (TPSA) is 54.2 Å². The summed E-state index contributed by atoms with van der Waals surface area (Å²) in [6.07, 6.45) is 4.73. The summed E-state index contributed by atoms with van der Waals surface area (Å²) in [4.78, 5) is 6.06. The molecule has 2 heterocycles. The van der Waals surface area contributed by atoms with Crippen LogP contribution >= 0.6 is 35.3 Å². The molecule has 3 rings (SSSR count). The third-order valence-corrected chi connectivity index (χ3v) is 4.65. The Bertz CT molecular complexity index is 767. The standard InChI is InChI=1S/C19H23N5S.HI/c1-2-20-19(21-12-10-18-5-3-14-25-18)22-15-16-6-8-17(9-7-16)24-13-4-11-23-24;/h3-9,11,13-14H,2,10,12,15H2,1H3,(H2,20,21,22);1H. The normalized spacial score (nSPS) is 11.0. The number of nitrogens with zero attached hydrogens (tertiary/aromatic N) is 3. The van der Waals surface area contributed by atoms with E-state index in [-0.39, 0.29) is 24.0 Å². The smallest absolute Gasteiger partial charge is 0.191 e. The Labute approximate surface area is 175 Å². The van der Waals surface area contributed by atoms with Crippen LogP contribution in [0.1, 0.15) is 17.4 Å². The molecular weight excluding hydrogens is 457 g/mol. The molecule has 0 atom stereocenters. The second-order valence-corrected chi connectivity index (χ2v) is 6.60. The van der Waals surface area contributed by atoms with Gasteiger partial charge < -0.3 is 10.6 Å². The van der Waals surface area contributed by atoms with Gasteiger partial charge in [0.1, 0.15) is 0 Å². The Balaban J connectivity index is 0.00000243. The van der Waals surface area contributed by atoms with Gasteiger partial charge in [-0.2, -0.15) is 5.10 Å². The highest BCUT2D eigenvalue weighted by molar-refractivity contribution is 14.0. The zero-order valence-corrected chi connectivity index (χ0v) is 17.9. The number of benzene rings is 1. The lowest BCUT2D eigenvalue weighted by molar-refractivity contribution is 0.804. The van der Waals surface area contributed by atoms with Crippen molar-refractivity contribution in [3.8, 4) is 5.69 Å². The van der Waals surface area contributed by atoms with Crippen molar-refractivity contribution >= 4 is 41.3 Å². The summed E-state index contributed by atoms with van der Waals surface area (Å²) in [5.74, 6) is 0.857. The van der Waals surface area contributed by atoms with E-state index in [4.69, 9.17) is 0 Å². The molecule has 0 radical (unpaired) electrons. The van der Waals surface area contributed by atoms with Crippen LogP contribution in [0.3, 0.4) is 0 Å². The Morgan fingerprint density at radius 3 is 2.65 bits per heavy atom. The maximum atomic E-state index is 4.67. The van der Waals surface area contributed by atoms with E-state index < -0.39 is 0 Å². The average molecular weight is 481 g/mol. The van der Waals surface area contributed by atoms with Crippen LogP contribution in [0.2, 0.25) is 0 Å². The molecule has 0 amide bonds. The largest absolute Gasteiger partial charge is 0.357 e. The molecule has 3 aromatic rings. The van der Waals surface area contributed by atoms with Gasteiger partial charge in [0, 0.05) is 30.4 Å². The van der Waals surface area contributed by atoms with Crippen LogP contribution in [0.4, 0.5) is 0 Å². The number of aliphatic imine (C=N–C) groups is 1. The lowest BCUT2D eigenvalue weighted by Crippen LogP contribution is -2.38. The van der Waals surface area contributed by atoms with Crippen LogP contribution in [-0.4, -0.2) is 28.8 Å². The third kappa shape index (κ3) is 6.14. The van der Waals surface area contributed by atoms with Crippen molar-refractivity contribution in [1.29, 1.82) is 0 Å². The number of nitrogens with one attached hydrogen (secondary N) is 2. The minimum absolute atomic E-state index is 0. The molecule has 0 aliphatic heterocycles. The fourth-order valence-electron chi connectivity index (χ4n) is 2.45. The van der Waals surface area contributed by atoms with Crippen LogP contribution < -0.4 is 10.6 Å². The Hall–Kier alpha value is -1.87. The van der Waals surface area contributed by atoms with Gasteiger partial charge in [-0.05, 0) is 48.6 Å². The zero-order valence-electron chi connectivity index (χ0n) is 14.8. The van der Waals surface area contributed by atoms with Gasteiger partial charge in [0.15, 0.2) is 5.96 Å². The molecule has 5 nitrogen and oxygen atoms in total. The first kappa shape index (κ1) is 20.4. The van der Waals surface area contributed by atoms with Crippen molar-refractivity contribution in [2.24, 2.45) is 4.99 Å². The van der Waals surface area contributed by atoms with Gasteiger partial charge in [-0.25, -0.2) is 9.67 Å². The number of hydrogen-bond donors (Lipinski definition) is 2. The molecule has 2 N–H and O–H groups in total. The van der Waals surface area contributed by atoms with Crippen LogP contribution in [0, 0.1) is 0 Å². The zero-order chi connectivity index (χ0) is 17.3. The molecule has 0 aliphatic carbocycles. The van der Waals surface area contributed by atoms with Gasteiger partial charge >= 0.3 is 0 Å². The van der Waals surface area contributed by atoms with Crippen molar-refractivity contribution in [2.75, 3.05) is 13.1 Å². The van der Waals surface area contributed by atoms with Gasteiger partial charge in [-0.15, -0.1) is 35.3 Å².